The standard InChI is InChI=1S/C12H13N3/c1-9-4-2-3-5-11(9)10-6-7-12(15-13)14-8-10/h2-8H,13H2,1H3,(H,14,15). The Morgan fingerprint density at radius 1 is 1.13 bits per heavy atom. The maximum absolute atomic E-state index is 5.26. The third-order valence-electron chi connectivity index (χ3n) is 2.37. The number of aromatic nitrogens is 1. The largest absolute Gasteiger partial charge is 0.308 e. The van der Waals surface area contributed by atoms with Crippen LogP contribution in [0.4, 0.5) is 5.82 Å². The number of anilines is 1. The van der Waals surface area contributed by atoms with Gasteiger partial charge in [-0.05, 0) is 30.2 Å². The van der Waals surface area contributed by atoms with Crippen molar-refractivity contribution in [2.24, 2.45) is 5.84 Å². The quantitative estimate of drug-likeness (QED) is 0.576. The van der Waals surface area contributed by atoms with E-state index in [1.807, 2.05) is 30.5 Å². The van der Waals surface area contributed by atoms with Crippen molar-refractivity contribution in [1.82, 2.24) is 4.98 Å². The summed E-state index contributed by atoms with van der Waals surface area (Å²) in [6.45, 7) is 2.09. The molecular formula is C12H13N3. The number of rotatable bonds is 2. The molecule has 1 aromatic carbocycles. The number of benzene rings is 1. The Kier molecular flexibility index (Phi) is 2.65. The zero-order chi connectivity index (χ0) is 10.7. The Hall–Kier alpha value is -1.87. The van der Waals surface area contributed by atoms with Gasteiger partial charge in [0.05, 0.1) is 0 Å². The molecule has 0 saturated carbocycles. The van der Waals surface area contributed by atoms with E-state index in [0.29, 0.717) is 5.82 Å². The van der Waals surface area contributed by atoms with Crippen molar-refractivity contribution in [3.63, 3.8) is 0 Å². The van der Waals surface area contributed by atoms with Crippen molar-refractivity contribution in [1.29, 1.82) is 0 Å². The van der Waals surface area contributed by atoms with Crippen LogP contribution in [-0.4, -0.2) is 4.98 Å². The maximum Gasteiger partial charge on any atom is 0.139 e. The fourth-order valence-corrected chi connectivity index (χ4v) is 1.54. The van der Waals surface area contributed by atoms with Crippen LogP contribution >= 0.6 is 0 Å². The Morgan fingerprint density at radius 3 is 2.53 bits per heavy atom. The fourth-order valence-electron chi connectivity index (χ4n) is 1.54. The second-order valence-electron chi connectivity index (χ2n) is 3.39. The molecule has 0 aliphatic rings. The van der Waals surface area contributed by atoms with Gasteiger partial charge in [-0.15, -0.1) is 0 Å². The first-order chi connectivity index (χ1) is 7.31. The van der Waals surface area contributed by atoms with Gasteiger partial charge in [0.25, 0.3) is 0 Å². The molecule has 0 unspecified atom stereocenters. The SMILES string of the molecule is Cc1ccccc1-c1ccc(NN)nc1. The summed E-state index contributed by atoms with van der Waals surface area (Å²) in [5.74, 6) is 5.93. The lowest BCUT2D eigenvalue weighted by Gasteiger charge is -2.05. The van der Waals surface area contributed by atoms with Gasteiger partial charge in [-0.1, -0.05) is 24.3 Å². The number of nitrogens with zero attached hydrogens (tertiary/aromatic N) is 1. The molecule has 0 bridgehead atoms. The van der Waals surface area contributed by atoms with Crippen molar-refractivity contribution in [3.05, 3.63) is 48.2 Å². The number of nitrogens with one attached hydrogen (secondary N) is 1. The second-order valence-corrected chi connectivity index (χ2v) is 3.39. The van der Waals surface area contributed by atoms with E-state index in [2.05, 4.69) is 29.5 Å². The lowest BCUT2D eigenvalue weighted by atomic mass is 10.0. The molecule has 1 heterocycles. The molecule has 76 valence electrons. The highest BCUT2D eigenvalue weighted by Gasteiger charge is 2.00. The topological polar surface area (TPSA) is 50.9 Å². The summed E-state index contributed by atoms with van der Waals surface area (Å²) < 4.78 is 0. The van der Waals surface area contributed by atoms with E-state index in [-0.39, 0.29) is 0 Å². The molecule has 0 saturated heterocycles. The number of nitrogens with two attached hydrogens (primary N) is 1. The highest BCUT2D eigenvalue weighted by molar-refractivity contribution is 5.67. The van der Waals surface area contributed by atoms with Crippen LogP contribution in [0.3, 0.4) is 0 Å². The first-order valence-corrected chi connectivity index (χ1v) is 4.80. The van der Waals surface area contributed by atoms with Crippen LogP contribution in [-0.2, 0) is 0 Å². The summed E-state index contributed by atoms with van der Waals surface area (Å²) in [6.07, 6.45) is 1.82. The van der Waals surface area contributed by atoms with Crippen LogP contribution in [0.15, 0.2) is 42.6 Å². The van der Waals surface area contributed by atoms with E-state index in [1.54, 1.807) is 0 Å². The van der Waals surface area contributed by atoms with E-state index in [1.165, 1.54) is 11.1 Å². The molecule has 0 amide bonds. The minimum absolute atomic E-state index is 0.673. The van der Waals surface area contributed by atoms with E-state index >= 15 is 0 Å². The highest BCUT2D eigenvalue weighted by Crippen LogP contribution is 2.22. The summed E-state index contributed by atoms with van der Waals surface area (Å²) in [6, 6.07) is 12.1. The molecule has 0 aliphatic heterocycles. The van der Waals surface area contributed by atoms with Crippen LogP contribution in [0.1, 0.15) is 5.56 Å². The molecule has 3 heteroatoms. The van der Waals surface area contributed by atoms with Gasteiger partial charge in [0.1, 0.15) is 5.82 Å². The average Bonchev–Trinajstić information content (AvgIpc) is 2.30. The zero-order valence-corrected chi connectivity index (χ0v) is 8.57. The number of aryl methyl sites for hydroxylation is 1. The van der Waals surface area contributed by atoms with Gasteiger partial charge in [0.15, 0.2) is 0 Å². The van der Waals surface area contributed by atoms with Crippen LogP contribution < -0.4 is 11.3 Å². The third kappa shape index (κ3) is 1.97. The van der Waals surface area contributed by atoms with Gasteiger partial charge in [-0.2, -0.15) is 0 Å². The summed E-state index contributed by atoms with van der Waals surface area (Å²) in [5, 5.41) is 0. The Morgan fingerprint density at radius 2 is 1.93 bits per heavy atom. The molecule has 15 heavy (non-hydrogen) atoms. The smallest absolute Gasteiger partial charge is 0.139 e. The third-order valence-corrected chi connectivity index (χ3v) is 2.37. The molecule has 2 aromatic rings. The van der Waals surface area contributed by atoms with Crippen molar-refractivity contribution in [2.45, 2.75) is 6.92 Å². The van der Waals surface area contributed by atoms with Crippen LogP contribution in [0.5, 0.6) is 0 Å². The predicted octanol–water partition coefficient (Wildman–Crippen LogP) is 2.34. The van der Waals surface area contributed by atoms with Gasteiger partial charge < -0.3 is 5.43 Å². The van der Waals surface area contributed by atoms with Crippen molar-refractivity contribution < 1.29 is 0 Å². The average molecular weight is 199 g/mol. The number of hydrogen-bond acceptors (Lipinski definition) is 3. The maximum atomic E-state index is 5.26. The molecule has 0 fully saturated rings. The van der Waals surface area contributed by atoms with Crippen molar-refractivity contribution in [2.75, 3.05) is 5.43 Å². The van der Waals surface area contributed by atoms with Gasteiger partial charge in [0, 0.05) is 11.8 Å². The minimum atomic E-state index is 0.673. The summed E-state index contributed by atoms with van der Waals surface area (Å²) in [5.41, 5.74) is 6.06. The summed E-state index contributed by atoms with van der Waals surface area (Å²) in [4.78, 5) is 4.18. The highest BCUT2D eigenvalue weighted by atomic mass is 15.2. The van der Waals surface area contributed by atoms with E-state index in [0.717, 1.165) is 5.56 Å². The number of pyridine rings is 1. The Labute approximate surface area is 88.9 Å². The lowest BCUT2D eigenvalue weighted by Crippen LogP contribution is -2.07. The lowest BCUT2D eigenvalue weighted by molar-refractivity contribution is 1.23. The molecule has 2 rings (SSSR count). The molecule has 0 aliphatic carbocycles. The van der Waals surface area contributed by atoms with Crippen molar-refractivity contribution in [3.8, 4) is 11.1 Å². The zero-order valence-electron chi connectivity index (χ0n) is 8.57. The number of hydrazine groups is 1. The number of hydrogen-bond donors (Lipinski definition) is 2. The van der Waals surface area contributed by atoms with Gasteiger partial charge in [-0.25, -0.2) is 10.8 Å². The molecule has 0 radical (unpaired) electrons. The van der Waals surface area contributed by atoms with Crippen LogP contribution in [0, 0.1) is 6.92 Å². The van der Waals surface area contributed by atoms with E-state index in [4.69, 9.17) is 5.84 Å². The predicted molar refractivity (Wildman–Crippen MR) is 62.2 cm³/mol. The van der Waals surface area contributed by atoms with Crippen LogP contribution in [0.2, 0.25) is 0 Å². The Bertz CT molecular complexity index is 449. The first-order valence-electron chi connectivity index (χ1n) is 4.80. The van der Waals surface area contributed by atoms with Crippen molar-refractivity contribution >= 4 is 5.82 Å². The Balaban J connectivity index is 2.42. The van der Waals surface area contributed by atoms with Crippen LogP contribution in [0.25, 0.3) is 11.1 Å². The second kappa shape index (κ2) is 4.11. The van der Waals surface area contributed by atoms with E-state index in [9.17, 15) is 0 Å². The van der Waals surface area contributed by atoms with Gasteiger partial charge in [0.2, 0.25) is 0 Å². The van der Waals surface area contributed by atoms with E-state index < -0.39 is 0 Å². The van der Waals surface area contributed by atoms with Gasteiger partial charge in [-0.3, -0.25) is 0 Å². The first kappa shape index (κ1) is 9.68. The molecule has 0 atom stereocenters. The normalized spacial score (nSPS) is 10.0. The number of nitrogen functional groups attached to an aromatic ring is 1. The summed E-state index contributed by atoms with van der Waals surface area (Å²) >= 11 is 0. The molecule has 3 N–H and O–H groups in total. The molecule has 3 nitrogen and oxygen atoms in total. The monoisotopic (exact) mass is 199 g/mol. The summed E-state index contributed by atoms with van der Waals surface area (Å²) in [7, 11) is 0. The fraction of sp³-hybridized carbons (Fsp3) is 0.0833. The molecule has 1 aromatic heterocycles. The molecule has 0 spiro atoms. The molecular weight excluding hydrogens is 186 g/mol. The van der Waals surface area contributed by atoms with Gasteiger partial charge >= 0.3 is 0 Å². The minimum Gasteiger partial charge on any atom is -0.308 e.